The van der Waals surface area contributed by atoms with E-state index in [-0.39, 0.29) is 17.3 Å². The number of aromatic nitrogens is 2. The molecule has 116 valence electrons. The van der Waals surface area contributed by atoms with Gasteiger partial charge in [-0.1, -0.05) is 48.2 Å². The zero-order valence-electron chi connectivity index (χ0n) is 12.4. The van der Waals surface area contributed by atoms with Crippen molar-refractivity contribution in [1.82, 2.24) is 10.2 Å². The van der Waals surface area contributed by atoms with Crippen LogP contribution in [0.3, 0.4) is 0 Å². The fraction of sp³-hybridized carbons (Fsp3) is 0.400. The lowest BCUT2D eigenvalue weighted by Crippen LogP contribution is -2.08. The molecule has 0 spiro atoms. The van der Waals surface area contributed by atoms with Gasteiger partial charge in [0.05, 0.1) is 0 Å². The summed E-state index contributed by atoms with van der Waals surface area (Å²) in [5.74, 6) is -0.154. The van der Waals surface area contributed by atoms with Gasteiger partial charge in [0.1, 0.15) is 11.4 Å². The first-order valence-electron chi connectivity index (χ1n) is 7.21. The van der Waals surface area contributed by atoms with Crippen LogP contribution in [0, 0.1) is 0 Å². The SMILES string of the molecule is CCc1ccccc1Nc1nnc(S[C@H]2C[C@H](C)OC2=O)s1. The summed E-state index contributed by atoms with van der Waals surface area (Å²) in [6, 6.07) is 8.14. The van der Waals surface area contributed by atoms with Gasteiger partial charge in [-0.3, -0.25) is 4.79 Å². The van der Waals surface area contributed by atoms with E-state index in [4.69, 9.17) is 4.74 Å². The van der Waals surface area contributed by atoms with E-state index in [2.05, 4.69) is 28.5 Å². The molecule has 0 unspecified atom stereocenters. The molecule has 0 saturated carbocycles. The first-order chi connectivity index (χ1) is 10.7. The highest BCUT2D eigenvalue weighted by molar-refractivity contribution is 8.02. The summed E-state index contributed by atoms with van der Waals surface area (Å²) >= 11 is 2.89. The molecular formula is C15H17N3O2S2. The van der Waals surface area contributed by atoms with Crippen LogP contribution in [0.4, 0.5) is 10.8 Å². The first-order valence-corrected chi connectivity index (χ1v) is 8.91. The number of anilines is 2. The Morgan fingerprint density at radius 2 is 2.23 bits per heavy atom. The Hall–Kier alpha value is -1.60. The highest BCUT2D eigenvalue weighted by atomic mass is 32.2. The number of nitrogens with zero attached hydrogens (tertiary/aromatic N) is 2. The van der Waals surface area contributed by atoms with E-state index in [9.17, 15) is 4.79 Å². The standard InChI is InChI=1S/C15H17N3O2S2/c1-3-10-6-4-5-7-11(10)16-14-17-18-15(22-14)21-12-8-9(2)20-13(12)19/h4-7,9,12H,3,8H2,1-2H3,(H,16,17)/t9-,12-/m0/s1. The number of benzene rings is 1. The number of esters is 1. The second-order valence-corrected chi connectivity index (χ2v) is 7.53. The molecule has 3 rings (SSSR count). The number of hydrogen-bond donors (Lipinski definition) is 1. The van der Waals surface area contributed by atoms with Gasteiger partial charge in [0, 0.05) is 12.1 Å². The van der Waals surface area contributed by atoms with Crippen molar-refractivity contribution < 1.29 is 9.53 Å². The zero-order chi connectivity index (χ0) is 15.5. The molecule has 1 aliphatic rings. The van der Waals surface area contributed by atoms with Crippen LogP contribution in [0.2, 0.25) is 0 Å². The monoisotopic (exact) mass is 335 g/mol. The molecule has 0 bridgehead atoms. The van der Waals surface area contributed by atoms with E-state index in [1.807, 2.05) is 25.1 Å². The quantitative estimate of drug-likeness (QED) is 0.842. The number of ether oxygens (including phenoxy) is 1. The highest BCUT2D eigenvalue weighted by Crippen LogP contribution is 2.35. The maximum absolute atomic E-state index is 11.7. The fourth-order valence-electron chi connectivity index (χ4n) is 2.31. The smallest absolute Gasteiger partial charge is 0.319 e. The molecule has 1 aliphatic heterocycles. The molecule has 0 amide bonds. The Labute approximate surface area is 137 Å². The molecule has 0 aliphatic carbocycles. The second kappa shape index (κ2) is 6.66. The largest absolute Gasteiger partial charge is 0.462 e. The van der Waals surface area contributed by atoms with Crippen molar-refractivity contribution in [1.29, 1.82) is 0 Å². The van der Waals surface area contributed by atoms with E-state index in [0.717, 1.165) is 28.0 Å². The molecule has 1 aromatic heterocycles. The molecule has 1 fully saturated rings. The third kappa shape index (κ3) is 3.41. The number of carbonyl (C=O) groups excluding carboxylic acids is 1. The molecule has 1 N–H and O–H groups in total. The minimum Gasteiger partial charge on any atom is -0.462 e. The van der Waals surface area contributed by atoms with Crippen LogP contribution < -0.4 is 5.32 Å². The second-order valence-electron chi connectivity index (χ2n) is 5.10. The van der Waals surface area contributed by atoms with Crippen molar-refractivity contribution in [3.05, 3.63) is 29.8 Å². The lowest BCUT2D eigenvalue weighted by molar-refractivity contribution is -0.140. The van der Waals surface area contributed by atoms with E-state index < -0.39 is 0 Å². The number of nitrogens with one attached hydrogen (secondary N) is 1. The molecule has 7 heteroatoms. The van der Waals surface area contributed by atoms with Gasteiger partial charge in [-0.15, -0.1) is 10.2 Å². The van der Waals surface area contributed by atoms with Crippen molar-refractivity contribution in [2.75, 3.05) is 5.32 Å². The van der Waals surface area contributed by atoms with Crippen molar-refractivity contribution in [3.63, 3.8) is 0 Å². The topological polar surface area (TPSA) is 64.1 Å². The number of aryl methyl sites for hydroxylation is 1. The van der Waals surface area contributed by atoms with Gasteiger partial charge in [0.25, 0.3) is 0 Å². The van der Waals surface area contributed by atoms with Gasteiger partial charge in [0.2, 0.25) is 5.13 Å². The van der Waals surface area contributed by atoms with Crippen LogP contribution in [0.5, 0.6) is 0 Å². The van der Waals surface area contributed by atoms with E-state index in [1.54, 1.807) is 0 Å². The Balaban J connectivity index is 1.68. The molecule has 22 heavy (non-hydrogen) atoms. The predicted molar refractivity (Wildman–Crippen MR) is 88.8 cm³/mol. The van der Waals surface area contributed by atoms with Gasteiger partial charge < -0.3 is 10.1 Å². The molecule has 1 saturated heterocycles. The summed E-state index contributed by atoms with van der Waals surface area (Å²) in [5, 5.41) is 12.2. The van der Waals surface area contributed by atoms with Crippen LogP contribution >= 0.6 is 23.1 Å². The Morgan fingerprint density at radius 1 is 1.41 bits per heavy atom. The Bertz CT molecular complexity index is 674. The molecule has 2 atom stereocenters. The van der Waals surface area contributed by atoms with Crippen LogP contribution in [-0.4, -0.2) is 27.5 Å². The molecule has 2 aromatic rings. The third-order valence-electron chi connectivity index (χ3n) is 3.42. The molecule has 5 nitrogen and oxygen atoms in total. The summed E-state index contributed by atoms with van der Waals surface area (Å²) in [7, 11) is 0. The van der Waals surface area contributed by atoms with Gasteiger partial charge in [0.15, 0.2) is 4.34 Å². The van der Waals surface area contributed by atoms with E-state index in [0.29, 0.717) is 0 Å². The number of hydrogen-bond acceptors (Lipinski definition) is 7. The van der Waals surface area contributed by atoms with Gasteiger partial charge >= 0.3 is 5.97 Å². The Morgan fingerprint density at radius 3 is 2.95 bits per heavy atom. The van der Waals surface area contributed by atoms with Crippen LogP contribution in [0.1, 0.15) is 25.8 Å². The van der Waals surface area contributed by atoms with Crippen LogP contribution in [-0.2, 0) is 16.0 Å². The summed E-state index contributed by atoms with van der Waals surface area (Å²) in [5.41, 5.74) is 2.28. The summed E-state index contributed by atoms with van der Waals surface area (Å²) < 4.78 is 5.94. The molecule has 1 aromatic carbocycles. The lowest BCUT2D eigenvalue weighted by atomic mass is 10.1. The maximum Gasteiger partial charge on any atom is 0.319 e. The van der Waals surface area contributed by atoms with E-state index in [1.165, 1.54) is 28.7 Å². The molecular weight excluding hydrogens is 318 g/mol. The van der Waals surface area contributed by atoms with Crippen molar-refractivity contribution in [3.8, 4) is 0 Å². The maximum atomic E-state index is 11.7. The number of thioether (sulfide) groups is 1. The third-order valence-corrected chi connectivity index (χ3v) is 5.54. The summed E-state index contributed by atoms with van der Waals surface area (Å²) in [6.07, 6.45) is 1.67. The average molecular weight is 335 g/mol. The fourth-order valence-corrected chi connectivity index (χ4v) is 4.43. The zero-order valence-corrected chi connectivity index (χ0v) is 14.0. The minimum absolute atomic E-state index is 0.00746. The van der Waals surface area contributed by atoms with Crippen LogP contribution in [0.15, 0.2) is 28.6 Å². The normalized spacial score (nSPS) is 20.9. The number of carbonyl (C=O) groups is 1. The highest BCUT2D eigenvalue weighted by Gasteiger charge is 2.33. The summed E-state index contributed by atoms with van der Waals surface area (Å²) in [6.45, 7) is 4.03. The van der Waals surface area contributed by atoms with E-state index >= 15 is 0 Å². The molecule has 0 radical (unpaired) electrons. The predicted octanol–water partition coefficient (Wildman–Crippen LogP) is 3.64. The van der Waals surface area contributed by atoms with Gasteiger partial charge in [-0.05, 0) is 25.0 Å². The molecule has 2 heterocycles. The van der Waals surface area contributed by atoms with Crippen LogP contribution in [0.25, 0.3) is 0 Å². The van der Waals surface area contributed by atoms with Gasteiger partial charge in [-0.25, -0.2) is 0 Å². The first kappa shape index (κ1) is 15.3. The van der Waals surface area contributed by atoms with Crippen molar-refractivity contribution in [2.24, 2.45) is 0 Å². The lowest BCUT2D eigenvalue weighted by Gasteiger charge is -2.07. The number of rotatable bonds is 5. The van der Waals surface area contributed by atoms with Gasteiger partial charge in [-0.2, -0.15) is 0 Å². The van der Waals surface area contributed by atoms with Crippen molar-refractivity contribution >= 4 is 39.9 Å². The van der Waals surface area contributed by atoms with Crippen molar-refractivity contribution in [2.45, 2.75) is 42.4 Å². The summed E-state index contributed by atoms with van der Waals surface area (Å²) in [4.78, 5) is 11.7. The number of para-hydroxylation sites is 1. The average Bonchev–Trinajstić information content (AvgIpc) is 3.06. The minimum atomic E-state index is -0.168. The number of cyclic esters (lactones) is 1. The Kier molecular flexibility index (Phi) is 4.63.